The topological polar surface area (TPSA) is 173 Å². The molecule has 0 aromatic heterocycles. The summed E-state index contributed by atoms with van der Waals surface area (Å²) in [6.07, 6.45) is 0.250. The van der Waals surface area contributed by atoms with Crippen molar-refractivity contribution in [1.29, 1.82) is 5.26 Å². The minimum atomic E-state index is -3.94. The molecule has 10 nitrogen and oxygen atoms in total. The Morgan fingerprint density at radius 2 is 1.91 bits per heavy atom. The number of sulfone groups is 1. The standard InChI is InChI=1S/C21H23F3N6O4S/c1-35(32,33)17-5-3-2-4-15(17)21(23,24)12-29-16-7-6-13(11-25)14(19(16)22)10-18(31)28-8-9-34-30-20(26)27/h2-7,29H,8-10,12H2,1H3,(H,28,31)(H4,26,27,30). The largest absolute Gasteiger partial charge is 0.391 e. The number of nitriles is 1. The first-order valence-corrected chi connectivity index (χ1v) is 11.9. The van der Waals surface area contributed by atoms with Gasteiger partial charge < -0.3 is 26.9 Å². The Morgan fingerprint density at radius 1 is 1.23 bits per heavy atom. The maximum Gasteiger partial charge on any atom is 0.291 e. The highest BCUT2D eigenvalue weighted by Gasteiger charge is 2.36. The van der Waals surface area contributed by atoms with Crippen LogP contribution in [-0.2, 0) is 31.8 Å². The number of carbonyl (C=O) groups is 1. The summed E-state index contributed by atoms with van der Waals surface area (Å²) in [5, 5.41) is 17.2. The minimum absolute atomic E-state index is 0.0248. The van der Waals surface area contributed by atoms with Gasteiger partial charge in [-0.3, -0.25) is 4.79 Å². The second-order valence-electron chi connectivity index (χ2n) is 7.27. The number of nitrogens with zero attached hydrogens (tertiary/aromatic N) is 2. The number of anilines is 1. The van der Waals surface area contributed by atoms with Gasteiger partial charge >= 0.3 is 0 Å². The lowest BCUT2D eigenvalue weighted by Gasteiger charge is -2.21. The van der Waals surface area contributed by atoms with Gasteiger partial charge in [0, 0.05) is 17.4 Å². The molecule has 2 aromatic carbocycles. The molecule has 0 aliphatic rings. The first kappa shape index (κ1) is 27.3. The van der Waals surface area contributed by atoms with E-state index in [1.165, 1.54) is 18.2 Å². The van der Waals surface area contributed by atoms with Gasteiger partial charge in [0.05, 0.1) is 41.7 Å². The third kappa shape index (κ3) is 7.51. The van der Waals surface area contributed by atoms with Crippen molar-refractivity contribution in [3.05, 3.63) is 58.9 Å². The SMILES string of the molecule is CS(=O)(=O)c1ccccc1C(F)(F)CNc1ccc(C#N)c(CC(=O)NCCON=C(N)N)c1F. The van der Waals surface area contributed by atoms with Gasteiger partial charge in [-0.15, -0.1) is 0 Å². The Labute approximate surface area is 199 Å². The summed E-state index contributed by atoms with van der Waals surface area (Å²) < 4.78 is 68.6. The van der Waals surface area contributed by atoms with Crippen molar-refractivity contribution in [2.45, 2.75) is 17.2 Å². The molecule has 35 heavy (non-hydrogen) atoms. The van der Waals surface area contributed by atoms with Crippen molar-refractivity contribution < 1.29 is 31.2 Å². The van der Waals surface area contributed by atoms with Gasteiger partial charge in [-0.25, -0.2) is 12.8 Å². The van der Waals surface area contributed by atoms with Crippen LogP contribution in [0.4, 0.5) is 18.9 Å². The smallest absolute Gasteiger partial charge is 0.291 e. The highest BCUT2D eigenvalue weighted by molar-refractivity contribution is 7.90. The Hall–Kier alpha value is -3.99. The number of nitrogens with one attached hydrogen (secondary N) is 2. The molecule has 0 bridgehead atoms. The molecular formula is C21H23F3N6O4S. The van der Waals surface area contributed by atoms with Crippen LogP contribution < -0.4 is 22.1 Å². The second-order valence-corrected chi connectivity index (χ2v) is 9.25. The monoisotopic (exact) mass is 512 g/mol. The Morgan fingerprint density at radius 3 is 2.54 bits per heavy atom. The van der Waals surface area contributed by atoms with Crippen molar-refractivity contribution in [2.24, 2.45) is 16.6 Å². The number of halogens is 3. The summed E-state index contributed by atoms with van der Waals surface area (Å²) in [5.74, 6) is -5.74. The summed E-state index contributed by atoms with van der Waals surface area (Å²) >= 11 is 0. The minimum Gasteiger partial charge on any atom is -0.391 e. The Bertz CT molecular complexity index is 1260. The van der Waals surface area contributed by atoms with E-state index >= 15 is 4.39 Å². The van der Waals surface area contributed by atoms with Crippen molar-refractivity contribution in [1.82, 2.24) is 5.32 Å². The van der Waals surface area contributed by atoms with Crippen LogP contribution in [0.15, 0.2) is 46.4 Å². The fraction of sp³-hybridized carbons (Fsp3) is 0.286. The van der Waals surface area contributed by atoms with Crippen LogP contribution in [0, 0.1) is 17.1 Å². The number of rotatable bonds is 11. The zero-order valence-electron chi connectivity index (χ0n) is 18.5. The number of oxime groups is 1. The lowest BCUT2D eigenvalue weighted by Crippen LogP contribution is -2.30. The maximum absolute atomic E-state index is 15.1. The van der Waals surface area contributed by atoms with Gasteiger partial charge in [-0.05, 0) is 23.4 Å². The number of nitrogens with two attached hydrogens (primary N) is 2. The first-order valence-electron chi connectivity index (χ1n) is 9.97. The fourth-order valence-corrected chi connectivity index (χ4v) is 3.95. The normalized spacial score (nSPS) is 11.3. The second kappa shape index (κ2) is 11.4. The molecule has 0 atom stereocenters. The number of hydrogen-bond acceptors (Lipinski definition) is 7. The number of guanidine groups is 1. The molecule has 2 aromatic rings. The van der Waals surface area contributed by atoms with E-state index < -0.39 is 50.9 Å². The third-order valence-corrected chi connectivity index (χ3v) is 5.72. The van der Waals surface area contributed by atoms with Crippen LogP contribution >= 0.6 is 0 Å². The van der Waals surface area contributed by atoms with Gasteiger partial charge in [0.25, 0.3) is 5.92 Å². The van der Waals surface area contributed by atoms with E-state index in [0.717, 1.165) is 24.5 Å². The highest BCUT2D eigenvalue weighted by Crippen LogP contribution is 2.34. The van der Waals surface area contributed by atoms with E-state index in [2.05, 4.69) is 15.8 Å². The van der Waals surface area contributed by atoms with E-state index in [1.54, 1.807) is 6.07 Å². The molecule has 0 spiro atoms. The van der Waals surface area contributed by atoms with E-state index in [1.807, 2.05) is 0 Å². The Balaban J connectivity index is 2.18. The number of benzene rings is 2. The van der Waals surface area contributed by atoms with Gasteiger partial charge in [0.15, 0.2) is 15.7 Å². The van der Waals surface area contributed by atoms with Crippen molar-refractivity contribution in [3.8, 4) is 6.07 Å². The molecule has 14 heteroatoms. The van der Waals surface area contributed by atoms with Crippen LogP contribution in [0.25, 0.3) is 0 Å². The molecule has 0 radical (unpaired) electrons. The molecule has 0 fully saturated rings. The molecule has 2 rings (SSSR count). The number of hydrogen-bond donors (Lipinski definition) is 4. The summed E-state index contributed by atoms with van der Waals surface area (Å²) in [4.78, 5) is 16.3. The maximum atomic E-state index is 15.1. The van der Waals surface area contributed by atoms with Crippen LogP contribution in [0.2, 0.25) is 0 Å². The lowest BCUT2D eigenvalue weighted by molar-refractivity contribution is -0.120. The van der Waals surface area contributed by atoms with E-state index in [0.29, 0.717) is 0 Å². The average Bonchev–Trinajstić information content (AvgIpc) is 2.78. The van der Waals surface area contributed by atoms with Crippen molar-refractivity contribution >= 4 is 27.4 Å². The molecule has 1 amide bonds. The summed E-state index contributed by atoms with van der Waals surface area (Å²) in [6, 6.07) is 8.61. The van der Waals surface area contributed by atoms with Gasteiger partial charge in [-0.1, -0.05) is 18.2 Å². The molecule has 0 aliphatic heterocycles. The predicted molar refractivity (Wildman–Crippen MR) is 122 cm³/mol. The molecular weight excluding hydrogens is 489 g/mol. The van der Waals surface area contributed by atoms with Crippen LogP contribution in [0.1, 0.15) is 16.7 Å². The highest BCUT2D eigenvalue weighted by atomic mass is 32.2. The van der Waals surface area contributed by atoms with Crippen molar-refractivity contribution in [3.63, 3.8) is 0 Å². The molecule has 0 heterocycles. The quantitative estimate of drug-likeness (QED) is 0.150. The molecule has 0 saturated carbocycles. The zero-order chi connectivity index (χ0) is 26.2. The molecule has 0 aliphatic carbocycles. The first-order chi connectivity index (χ1) is 16.4. The summed E-state index contributed by atoms with van der Waals surface area (Å²) in [6.45, 7) is -1.25. The van der Waals surface area contributed by atoms with Crippen molar-refractivity contribution in [2.75, 3.05) is 31.3 Å². The zero-order valence-corrected chi connectivity index (χ0v) is 19.3. The van der Waals surface area contributed by atoms with Gasteiger partial charge in [-0.2, -0.15) is 14.0 Å². The van der Waals surface area contributed by atoms with E-state index in [-0.39, 0.29) is 35.9 Å². The van der Waals surface area contributed by atoms with Crippen LogP contribution in [0.5, 0.6) is 0 Å². The summed E-state index contributed by atoms with van der Waals surface area (Å²) in [7, 11) is -3.94. The molecule has 0 saturated heterocycles. The number of amides is 1. The summed E-state index contributed by atoms with van der Waals surface area (Å²) in [5.41, 5.74) is 8.55. The lowest BCUT2D eigenvalue weighted by atomic mass is 10.0. The van der Waals surface area contributed by atoms with Crippen LogP contribution in [0.3, 0.4) is 0 Å². The number of alkyl halides is 2. The molecule has 188 valence electrons. The van der Waals surface area contributed by atoms with Gasteiger partial charge in [0.1, 0.15) is 6.61 Å². The third-order valence-electron chi connectivity index (χ3n) is 4.57. The molecule has 6 N–H and O–H groups in total. The van der Waals surface area contributed by atoms with Crippen LogP contribution in [-0.4, -0.2) is 46.2 Å². The fourth-order valence-electron chi connectivity index (χ4n) is 3.01. The van der Waals surface area contributed by atoms with E-state index in [4.69, 9.17) is 16.3 Å². The Kier molecular flexibility index (Phi) is 8.90. The predicted octanol–water partition coefficient (Wildman–Crippen LogP) is 1.17. The molecule has 0 unspecified atom stereocenters. The average molecular weight is 513 g/mol. The number of carbonyl (C=O) groups excluding carboxylic acids is 1. The van der Waals surface area contributed by atoms with Gasteiger partial charge in [0.2, 0.25) is 11.9 Å². The van der Waals surface area contributed by atoms with E-state index in [9.17, 15) is 27.3 Å².